The Bertz CT molecular complexity index is 1160. The average Bonchev–Trinajstić information content (AvgIpc) is 2.69. The topological polar surface area (TPSA) is 66.5 Å². The van der Waals surface area contributed by atoms with Crippen LogP contribution >= 0.6 is 22.6 Å². The molecule has 1 N–H and O–H groups in total. The lowest BCUT2D eigenvalue weighted by Gasteiger charge is -2.23. The number of aryl methyl sites for hydroxylation is 2. The third-order valence-corrected chi connectivity index (χ3v) is 6.51. The van der Waals surface area contributed by atoms with Crippen molar-refractivity contribution in [2.45, 2.75) is 20.4 Å². The lowest BCUT2D eigenvalue weighted by molar-refractivity contribution is 0.102. The smallest absolute Gasteiger partial charge is 0.255 e. The zero-order chi connectivity index (χ0) is 21.9. The first kappa shape index (κ1) is 22.3. The molecular weight excluding hydrogens is 511 g/mol. The van der Waals surface area contributed by atoms with Crippen LogP contribution in [0.3, 0.4) is 0 Å². The molecule has 156 valence electrons. The molecule has 0 aromatic heterocycles. The van der Waals surface area contributed by atoms with Crippen LogP contribution in [0.4, 0.5) is 11.4 Å². The van der Waals surface area contributed by atoms with Crippen LogP contribution in [0.5, 0.6) is 0 Å². The zero-order valence-corrected chi connectivity index (χ0v) is 20.0. The molecule has 0 radical (unpaired) electrons. The van der Waals surface area contributed by atoms with E-state index in [0.29, 0.717) is 11.3 Å². The number of hydrogen-bond donors (Lipinski definition) is 1. The summed E-state index contributed by atoms with van der Waals surface area (Å²) in [4.78, 5) is 12.6. The number of hydrogen-bond acceptors (Lipinski definition) is 3. The van der Waals surface area contributed by atoms with E-state index in [-0.39, 0.29) is 12.5 Å². The summed E-state index contributed by atoms with van der Waals surface area (Å²) in [6, 6.07) is 20.1. The summed E-state index contributed by atoms with van der Waals surface area (Å²) in [7, 11) is -3.49. The molecule has 5 nitrogen and oxygen atoms in total. The molecule has 0 heterocycles. The van der Waals surface area contributed by atoms with Crippen LogP contribution in [0.1, 0.15) is 27.0 Å². The van der Waals surface area contributed by atoms with Crippen LogP contribution in [0.15, 0.2) is 66.7 Å². The highest BCUT2D eigenvalue weighted by molar-refractivity contribution is 14.1. The van der Waals surface area contributed by atoms with Crippen molar-refractivity contribution < 1.29 is 13.2 Å². The maximum absolute atomic E-state index is 12.6. The minimum absolute atomic E-state index is 0.229. The van der Waals surface area contributed by atoms with Crippen molar-refractivity contribution in [2.75, 3.05) is 15.9 Å². The Labute approximate surface area is 191 Å². The SMILES string of the molecule is Cc1ccc(CN(c2ccc(C(=O)Nc3ccc(I)cc3C)cc2)S(C)(=O)=O)cc1. The Hall–Kier alpha value is -2.39. The van der Waals surface area contributed by atoms with Crippen molar-refractivity contribution in [1.82, 2.24) is 0 Å². The molecule has 0 bridgehead atoms. The van der Waals surface area contributed by atoms with Crippen LogP contribution in [-0.4, -0.2) is 20.6 Å². The molecule has 0 spiro atoms. The highest BCUT2D eigenvalue weighted by Crippen LogP contribution is 2.23. The van der Waals surface area contributed by atoms with E-state index in [1.165, 1.54) is 10.6 Å². The Morgan fingerprint density at radius 2 is 1.60 bits per heavy atom. The van der Waals surface area contributed by atoms with Gasteiger partial charge in [0, 0.05) is 14.8 Å². The van der Waals surface area contributed by atoms with Crippen LogP contribution in [-0.2, 0) is 16.6 Å². The third kappa shape index (κ3) is 5.60. The third-order valence-electron chi connectivity index (χ3n) is 4.70. The number of carbonyl (C=O) groups is 1. The monoisotopic (exact) mass is 534 g/mol. The van der Waals surface area contributed by atoms with Crippen molar-refractivity contribution >= 4 is 49.9 Å². The minimum Gasteiger partial charge on any atom is -0.322 e. The van der Waals surface area contributed by atoms with Crippen LogP contribution < -0.4 is 9.62 Å². The summed E-state index contributed by atoms with van der Waals surface area (Å²) in [6.45, 7) is 4.15. The van der Waals surface area contributed by atoms with E-state index < -0.39 is 10.0 Å². The van der Waals surface area contributed by atoms with Crippen molar-refractivity contribution in [2.24, 2.45) is 0 Å². The lowest BCUT2D eigenvalue weighted by atomic mass is 10.1. The van der Waals surface area contributed by atoms with Crippen LogP contribution in [0.2, 0.25) is 0 Å². The fourth-order valence-electron chi connectivity index (χ4n) is 3.00. The van der Waals surface area contributed by atoms with Gasteiger partial charge in [-0.05, 0) is 90.0 Å². The summed E-state index contributed by atoms with van der Waals surface area (Å²) in [5, 5.41) is 2.90. The summed E-state index contributed by atoms with van der Waals surface area (Å²) < 4.78 is 27.2. The quantitative estimate of drug-likeness (QED) is 0.447. The van der Waals surface area contributed by atoms with Gasteiger partial charge in [-0.15, -0.1) is 0 Å². The molecular formula is C23H23IN2O3S. The van der Waals surface area contributed by atoms with E-state index >= 15 is 0 Å². The van der Waals surface area contributed by atoms with Gasteiger partial charge in [-0.2, -0.15) is 0 Å². The number of amides is 1. The standard InChI is InChI=1S/C23H23IN2O3S/c1-16-4-6-18(7-5-16)15-26(30(3,28)29)21-11-8-19(9-12-21)23(27)25-22-13-10-20(24)14-17(22)2/h4-14H,15H2,1-3H3,(H,25,27). The van der Waals surface area contributed by atoms with Crippen molar-refractivity contribution in [3.05, 3.63) is 92.6 Å². The number of sulfonamides is 1. The van der Waals surface area contributed by atoms with Gasteiger partial charge in [-0.1, -0.05) is 29.8 Å². The average molecular weight is 534 g/mol. The van der Waals surface area contributed by atoms with E-state index in [9.17, 15) is 13.2 Å². The normalized spacial score (nSPS) is 11.2. The van der Waals surface area contributed by atoms with Crippen LogP contribution in [0, 0.1) is 17.4 Å². The number of carbonyl (C=O) groups excluding carboxylic acids is 1. The second-order valence-electron chi connectivity index (χ2n) is 7.22. The molecule has 3 aromatic rings. The fraction of sp³-hybridized carbons (Fsp3) is 0.174. The number of nitrogens with one attached hydrogen (secondary N) is 1. The van der Waals surface area contributed by atoms with E-state index in [2.05, 4.69) is 27.9 Å². The molecule has 0 saturated heterocycles. The maximum atomic E-state index is 12.6. The summed E-state index contributed by atoms with van der Waals surface area (Å²) >= 11 is 2.23. The summed E-state index contributed by atoms with van der Waals surface area (Å²) in [6.07, 6.45) is 1.18. The van der Waals surface area contributed by atoms with Gasteiger partial charge in [0.2, 0.25) is 10.0 Å². The minimum atomic E-state index is -3.49. The van der Waals surface area contributed by atoms with Crippen molar-refractivity contribution in [1.29, 1.82) is 0 Å². The largest absolute Gasteiger partial charge is 0.322 e. The Balaban J connectivity index is 1.80. The van der Waals surface area contributed by atoms with Gasteiger partial charge >= 0.3 is 0 Å². The predicted molar refractivity (Wildman–Crippen MR) is 130 cm³/mol. The number of nitrogens with zero attached hydrogens (tertiary/aromatic N) is 1. The molecule has 1 amide bonds. The van der Waals surface area contributed by atoms with E-state index in [0.717, 1.165) is 25.9 Å². The molecule has 0 aliphatic rings. The van der Waals surface area contributed by atoms with E-state index in [4.69, 9.17) is 0 Å². The molecule has 0 aliphatic carbocycles. The van der Waals surface area contributed by atoms with Gasteiger partial charge in [0.05, 0.1) is 18.5 Å². The number of anilines is 2. The van der Waals surface area contributed by atoms with Gasteiger partial charge in [0.15, 0.2) is 0 Å². The molecule has 0 unspecified atom stereocenters. The molecule has 30 heavy (non-hydrogen) atoms. The zero-order valence-electron chi connectivity index (χ0n) is 17.0. The highest BCUT2D eigenvalue weighted by Gasteiger charge is 2.18. The Morgan fingerprint density at radius 1 is 0.967 bits per heavy atom. The molecule has 0 saturated carbocycles. The van der Waals surface area contributed by atoms with Gasteiger partial charge in [-0.25, -0.2) is 8.42 Å². The number of rotatable bonds is 6. The molecule has 0 aliphatic heterocycles. The van der Waals surface area contributed by atoms with Gasteiger partial charge in [0.25, 0.3) is 5.91 Å². The highest BCUT2D eigenvalue weighted by atomic mass is 127. The van der Waals surface area contributed by atoms with Gasteiger partial charge in [-0.3, -0.25) is 9.10 Å². The molecule has 0 fully saturated rings. The number of benzene rings is 3. The molecule has 3 rings (SSSR count). The molecule has 7 heteroatoms. The summed E-state index contributed by atoms with van der Waals surface area (Å²) in [5.74, 6) is -0.240. The predicted octanol–water partition coefficient (Wildman–Crippen LogP) is 5.13. The lowest BCUT2D eigenvalue weighted by Crippen LogP contribution is -2.29. The number of halogens is 1. The first-order valence-electron chi connectivity index (χ1n) is 9.34. The Kier molecular flexibility index (Phi) is 6.82. The fourth-order valence-corrected chi connectivity index (χ4v) is 4.54. The van der Waals surface area contributed by atoms with Crippen molar-refractivity contribution in [3.8, 4) is 0 Å². The molecule has 0 atom stereocenters. The van der Waals surface area contributed by atoms with Gasteiger partial charge < -0.3 is 5.32 Å². The van der Waals surface area contributed by atoms with E-state index in [1.54, 1.807) is 24.3 Å². The van der Waals surface area contributed by atoms with Crippen molar-refractivity contribution in [3.63, 3.8) is 0 Å². The molecule has 3 aromatic carbocycles. The second kappa shape index (κ2) is 9.18. The van der Waals surface area contributed by atoms with Crippen LogP contribution in [0.25, 0.3) is 0 Å². The maximum Gasteiger partial charge on any atom is 0.255 e. The second-order valence-corrected chi connectivity index (χ2v) is 10.4. The van der Waals surface area contributed by atoms with E-state index in [1.807, 2.05) is 56.3 Å². The van der Waals surface area contributed by atoms with Gasteiger partial charge in [0.1, 0.15) is 0 Å². The first-order valence-corrected chi connectivity index (χ1v) is 12.3. The Morgan fingerprint density at radius 3 is 2.17 bits per heavy atom. The first-order chi connectivity index (χ1) is 14.1. The summed E-state index contributed by atoms with van der Waals surface area (Å²) in [5.41, 5.74) is 4.71.